The van der Waals surface area contributed by atoms with Gasteiger partial charge < -0.3 is 9.47 Å². The van der Waals surface area contributed by atoms with E-state index < -0.39 is 4.92 Å². The number of hydrogen-bond acceptors (Lipinski definition) is 5. The molecule has 0 aliphatic rings. The summed E-state index contributed by atoms with van der Waals surface area (Å²) in [6.07, 6.45) is 1.66. The van der Waals surface area contributed by atoms with Crippen LogP contribution in [-0.2, 0) is 6.61 Å². The molecule has 0 aliphatic carbocycles. The standard InChI is InChI=1S/C13H12N2O4/c1-18-13-6-5-11(8-12(13)15(16)17)19-9-10-4-2-3-7-14-10/h2-8H,9H2,1H3. The second-order valence-electron chi connectivity index (χ2n) is 3.70. The number of hydrogen-bond donors (Lipinski definition) is 0. The quantitative estimate of drug-likeness (QED) is 0.610. The Balaban J connectivity index is 2.13. The maximum absolute atomic E-state index is 10.9. The Morgan fingerprint density at radius 2 is 2.16 bits per heavy atom. The maximum atomic E-state index is 10.9. The molecule has 0 amide bonds. The summed E-state index contributed by atoms with van der Waals surface area (Å²) in [5, 5.41) is 10.9. The normalized spacial score (nSPS) is 9.95. The van der Waals surface area contributed by atoms with Gasteiger partial charge in [0.25, 0.3) is 0 Å². The highest BCUT2D eigenvalue weighted by Gasteiger charge is 2.15. The first kappa shape index (κ1) is 12.8. The van der Waals surface area contributed by atoms with Crippen LogP contribution in [0, 0.1) is 10.1 Å². The number of benzene rings is 1. The van der Waals surface area contributed by atoms with Crippen molar-refractivity contribution in [2.75, 3.05) is 7.11 Å². The van der Waals surface area contributed by atoms with Crippen molar-refractivity contribution in [1.82, 2.24) is 4.98 Å². The fraction of sp³-hybridized carbons (Fsp3) is 0.154. The van der Waals surface area contributed by atoms with Gasteiger partial charge in [0, 0.05) is 6.20 Å². The highest BCUT2D eigenvalue weighted by atomic mass is 16.6. The molecule has 0 N–H and O–H groups in total. The van der Waals surface area contributed by atoms with Crippen LogP contribution in [0.3, 0.4) is 0 Å². The summed E-state index contributed by atoms with van der Waals surface area (Å²) >= 11 is 0. The summed E-state index contributed by atoms with van der Waals surface area (Å²) in [6.45, 7) is 0.254. The molecule has 0 atom stereocenters. The third-order valence-electron chi connectivity index (χ3n) is 2.46. The van der Waals surface area contributed by atoms with Crippen LogP contribution in [-0.4, -0.2) is 17.0 Å². The predicted molar refractivity (Wildman–Crippen MR) is 68.2 cm³/mol. The van der Waals surface area contributed by atoms with Gasteiger partial charge in [-0.15, -0.1) is 0 Å². The lowest BCUT2D eigenvalue weighted by Gasteiger charge is -2.07. The Bertz CT molecular complexity index is 572. The van der Waals surface area contributed by atoms with Crippen LogP contribution < -0.4 is 9.47 Å². The predicted octanol–water partition coefficient (Wildman–Crippen LogP) is 2.58. The van der Waals surface area contributed by atoms with Crippen molar-refractivity contribution < 1.29 is 14.4 Å². The smallest absolute Gasteiger partial charge is 0.314 e. The van der Waals surface area contributed by atoms with Crippen molar-refractivity contribution in [3.63, 3.8) is 0 Å². The molecule has 0 saturated heterocycles. The number of rotatable bonds is 5. The molecule has 6 nitrogen and oxygen atoms in total. The first-order valence-electron chi connectivity index (χ1n) is 5.56. The molecular formula is C13H12N2O4. The molecule has 0 radical (unpaired) electrons. The van der Waals surface area contributed by atoms with Gasteiger partial charge in [0.1, 0.15) is 12.4 Å². The summed E-state index contributed by atoms with van der Waals surface area (Å²) in [6, 6.07) is 9.93. The van der Waals surface area contributed by atoms with E-state index in [1.54, 1.807) is 12.3 Å². The zero-order chi connectivity index (χ0) is 13.7. The number of aromatic nitrogens is 1. The Kier molecular flexibility index (Phi) is 3.92. The molecule has 0 fully saturated rings. The first-order valence-corrected chi connectivity index (χ1v) is 5.56. The fourth-order valence-corrected chi connectivity index (χ4v) is 1.54. The van der Waals surface area contributed by atoms with E-state index in [4.69, 9.17) is 9.47 Å². The largest absolute Gasteiger partial charge is 0.490 e. The Labute approximate surface area is 109 Å². The molecule has 0 aliphatic heterocycles. The lowest BCUT2D eigenvalue weighted by molar-refractivity contribution is -0.385. The Hall–Kier alpha value is -2.63. The van der Waals surface area contributed by atoms with Crippen LogP contribution in [0.1, 0.15) is 5.69 Å². The van der Waals surface area contributed by atoms with Gasteiger partial charge in [0.05, 0.1) is 23.8 Å². The average molecular weight is 260 g/mol. The van der Waals surface area contributed by atoms with Gasteiger partial charge in [-0.1, -0.05) is 6.07 Å². The van der Waals surface area contributed by atoms with Crippen LogP contribution in [0.15, 0.2) is 42.6 Å². The molecule has 1 aromatic carbocycles. The molecule has 0 spiro atoms. The second kappa shape index (κ2) is 5.81. The molecule has 1 heterocycles. The lowest BCUT2D eigenvalue weighted by atomic mass is 10.3. The van der Waals surface area contributed by atoms with Gasteiger partial charge in [-0.2, -0.15) is 0 Å². The Morgan fingerprint density at radius 1 is 1.32 bits per heavy atom. The van der Waals surface area contributed by atoms with E-state index >= 15 is 0 Å². The zero-order valence-corrected chi connectivity index (χ0v) is 10.3. The minimum absolute atomic E-state index is 0.124. The molecular weight excluding hydrogens is 248 g/mol. The number of pyridine rings is 1. The van der Waals surface area contributed by atoms with Gasteiger partial charge in [-0.25, -0.2) is 0 Å². The van der Waals surface area contributed by atoms with Crippen molar-refractivity contribution in [1.29, 1.82) is 0 Å². The molecule has 19 heavy (non-hydrogen) atoms. The van der Waals surface area contributed by atoms with Gasteiger partial charge in [0.15, 0.2) is 5.75 Å². The molecule has 0 unspecified atom stereocenters. The van der Waals surface area contributed by atoms with E-state index in [0.29, 0.717) is 5.75 Å². The van der Waals surface area contributed by atoms with Crippen molar-refractivity contribution in [2.24, 2.45) is 0 Å². The van der Waals surface area contributed by atoms with Crippen LogP contribution in [0.25, 0.3) is 0 Å². The van der Waals surface area contributed by atoms with E-state index in [2.05, 4.69) is 4.98 Å². The van der Waals surface area contributed by atoms with Crippen LogP contribution >= 0.6 is 0 Å². The SMILES string of the molecule is COc1ccc(OCc2ccccn2)cc1[N+](=O)[O-]. The molecule has 0 saturated carbocycles. The van der Waals surface area contributed by atoms with Gasteiger partial charge in [0.2, 0.25) is 0 Å². The molecule has 1 aromatic heterocycles. The second-order valence-corrected chi connectivity index (χ2v) is 3.70. The van der Waals surface area contributed by atoms with Gasteiger partial charge in [-0.05, 0) is 24.3 Å². The summed E-state index contributed by atoms with van der Waals surface area (Å²) in [4.78, 5) is 14.5. The van der Waals surface area contributed by atoms with Gasteiger partial charge >= 0.3 is 5.69 Å². The zero-order valence-electron chi connectivity index (χ0n) is 10.3. The number of methoxy groups -OCH3 is 1. The molecule has 2 aromatic rings. The summed E-state index contributed by atoms with van der Waals surface area (Å²) in [5.74, 6) is 0.605. The van der Waals surface area contributed by atoms with Crippen LogP contribution in [0.5, 0.6) is 11.5 Å². The number of nitro groups is 1. The maximum Gasteiger partial charge on any atom is 0.314 e. The van der Waals surface area contributed by atoms with Gasteiger partial charge in [-0.3, -0.25) is 15.1 Å². The summed E-state index contributed by atoms with van der Waals surface area (Å²) in [5.41, 5.74) is 0.627. The number of ether oxygens (including phenoxy) is 2. The van der Waals surface area contributed by atoms with Crippen LogP contribution in [0.4, 0.5) is 5.69 Å². The third kappa shape index (κ3) is 3.19. The summed E-state index contributed by atoms with van der Waals surface area (Å²) < 4.78 is 10.4. The molecule has 98 valence electrons. The average Bonchev–Trinajstić information content (AvgIpc) is 2.46. The van der Waals surface area contributed by atoms with Crippen molar-refractivity contribution >= 4 is 5.69 Å². The topological polar surface area (TPSA) is 74.5 Å². The summed E-state index contributed by atoms with van der Waals surface area (Å²) in [7, 11) is 1.39. The van der Waals surface area contributed by atoms with E-state index in [1.165, 1.54) is 19.2 Å². The fourth-order valence-electron chi connectivity index (χ4n) is 1.54. The minimum Gasteiger partial charge on any atom is -0.490 e. The first-order chi connectivity index (χ1) is 9.20. The van der Waals surface area contributed by atoms with E-state index in [9.17, 15) is 10.1 Å². The van der Waals surface area contributed by atoms with Crippen LogP contribution in [0.2, 0.25) is 0 Å². The lowest BCUT2D eigenvalue weighted by Crippen LogP contribution is -1.99. The van der Waals surface area contributed by atoms with E-state index in [1.807, 2.05) is 18.2 Å². The van der Waals surface area contributed by atoms with E-state index in [-0.39, 0.29) is 18.0 Å². The monoisotopic (exact) mass is 260 g/mol. The highest BCUT2D eigenvalue weighted by Crippen LogP contribution is 2.30. The number of nitro benzene ring substituents is 1. The number of nitrogens with zero attached hydrogens (tertiary/aromatic N) is 2. The molecule has 2 rings (SSSR count). The Morgan fingerprint density at radius 3 is 2.79 bits per heavy atom. The minimum atomic E-state index is -0.507. The molecule has 0 bridgehead atoms. The van der Waals surface area contributed by atoms with E-state index in [0.717, 1.165) is 5.69 Å². The third-order valence-corrected chi connectivity index (χ3v) is 2.46. The molecule has 6 heteroatoms. The van der Waals surface area contributed by atoms with Crippen molar-refractivity contribution in [3.8, 4) is 11.5 Å². The highest BCUT2D eigenvalue weighted by molar-refractivity contribution is 5.50. The van der Waals surface area contributed by atoms with Crippen molar-refractivity contribution in [2.45, 2.75) is 6.61 Å². The van der Waals surface area contributed by atoms with Crippen molar-refractivity contribution in [3.05, 3.63) is 58.4 Å².